The molecule has 0 aliphatic carbocycles. The number of benzene rings is 7. The number of rotatable bonds is 3. The maximum absolute atomic E-state index is 2.49. The van der Waals surface area contributed by atoms with Gasteiger partial charge in [-0.15, -0.1) is 11.3 Å². The monoisotopic (exact) mass is 590 g/mol. The summed E-state index contributed by atoms with van der Waals surface area (Å²) in [7, 11) is 0. The zero-order valence-corrected chi connectivity index (χ0v) is 25.1. The smallest absolute Gasteiger partial charge is 0.0555 e. The van der Waals surface area contributed by atoms with E-state index in [1.54, 1.807) is 0 Å². The minimum absolute atomic E-state index is 1.17. The average molecular weight is 591 g/mol. The summed E-state index contributed by atoms with van der Waals surface area (Å²) in [6, 6.07) is 57.5. The van der Waals surface area contributed by atoms with Gasteiger partial charge in [0.25, 0.3) is 0 Å². The summed E-state index contributed by atoms with van der Waals surface area (Å²) < 4.78 is 7.56. The van der Waals surface area contributed by atoms with Crippen molar-refractivity contribution >= 4 is 75.1 Å². The number of aromatic nitrogens is 2. The van der Waals surface area contributed by atoms with Crippen molar-refractivity contribution in [1.82, 2.24) is 9.13 Å². The summed E-state index contributed by atoms with van der Waals surface area (Å²) in [5.41, 5.74) is 9.75. The van der Waals surface area contributed by atoms with Gasteiger partial charge in [-0.1, -0.05) is 103 Å². The molecule has 210 valence electrons. The molecule has 2 nitrogen and oxygen atoms in total. The van der Waals surface area contributed by atoms with Crippen molar-refractivity contribution in [2.45, 2.75) is 0 Å². The van der Waals surface area contributed by atoms with Crippen molar-refractivity contribution in [3.05, 3.63) is 158 Å². The van der Waals surface area contributed by atoms with Gasteiger partial charge in [-0.3, -0.25) is 0 Å². The Morgan fingerprint density at radius 3 is 1.62 bits per heavy atom. The van der Waals surface area contributed by atoms with Gasteiger partial charge in [0.1, 0.15) is 0 Å². The fourth-order valence-corrected chi connectivity index (χ4v) is 8.56. The highest BCUT2D eigenvalue weighted by molar-refractivity contribution is 7.25. The Morgan fingerprint density at radius 1 is 0.333 bits per heavy atom. The van der Waals surface area contributed by atoms with E-state index in [0.29, 0.717) is 0 Å². The van der Waals surface area contributed by atoms with Gasteiger partial charge in [-0.05, 0) is 65.7 Å². The molecule has 10 rings (SSSR count). The fraction of sp³-hybridized carbons (Fsp3) is 0. The van der Waals surface area contributed by atoms with Crippen molar-refractivity contribution in [1.29, 1.82) is 0 Å². The van der Waals surface area contributed by atoms with Crippen LogP contribution in [0, 0.1) is 0 Å². The van der Waals surface area contributed by atoms with E-state index in [1.807, 2.05) is 11.3 Å². The van der Waals surface area contributed by atoms with Crippen molar-refractivity contribution in [3.8, 4) is 22.5 Å². The Hall–Kier alpha value is -5.64. The lowest BCUT2D eigenvalue weighted by Crippen LogP contribution is -1.95. The first-order valence-electron chi connectivity index (χ1n) is 15.4. The van der Waals surface area contributed by atoms with E-state index in [0.717, 1.165) is 0 Å². The van der Waals surface area contributed by atoms with Crippen LogP contribution in [0.3, 0.4) is 0 Å². The largest absolute Gasteiger partial charge is 0.309 e. The van der Waals surface area contributed by atoms with Gasteiger partial charge < -0.3 is 9.13 Å². The minimum atomic E-state index is 1.17. The second-order valence-electron chi connectivity index (χ2n) is 11.7. The Balaban J connectivity index is 1.30. The lowest BCUT2D eigenvalue weighted by Gasteiger charge is -2.11. The van der Waals surface area contributed by atoms with Crippen molar-refractivity contribution in [2.75, 3.05) is 0 Å². The Morgan fingerprint density at radius 2 is 0.889 bits per heavy atom. The minimum Gasteiger partial charge on any atom is -0.309 e. The molecule has 0 radical (unpaired) electrons. The molecule has 0 aliphatic rings. The highest BCUT2D eigenvalue weighted by Crippen LogP contribution is 2.45. The van der Waals surface area contributed by atoms with Crippen LogP contribution in [0.1, 0.15) is 0 Å². The van der Waals surface area contributed by atoms with E-state index in [-0.39, 0.29) is 0 Å². The summed E-state index contributed by atoms with van der Waals surface area (Å²) in [5.74, 6) is 0. The van der Waals surface area contributed by atoms with Crippen LogP contribution in [-0.2, 0) is 0 Å². The summed E-state index contributed by atoms with van der Waals surface area (Å²) in [6.07, 6.45) is 0. The quantitative estimate of drug-likeness (QED) is 0.194. The van der Waals surface area contributed by atoms with E-state index in [2.05, 4.69) is 167 Å². The summed E-state index contributed by atoms with van der Waals surface area (Å²) in [5, 5.41) is 7.78. The number of para-hydroxylation sites is 2. The zero-order valence-electron chi connectivity index (χ0n) is 24.3. The van der Waals surface area contributed by atoms with E-state index in [4.69, 9.17) is 0 Å². The molecule has 45 heavy (non-hydrogen) atoms. The molecule has 0 amide bonds. The first-order chi connectivity index (χ1) is 22.3. The van der Waals surface area contributed by atoms with Gasteiger partial charge in [0, 0.05) is 47.4 Å². The standard InChI is InChI=1S/C42H26N2S/c1-2-11-27(12-3-1)28-21-23-29(24-22-28)43-33-16-7-4-13-30(33)41-36(43)25-26-37-42(41)31-14-5-8-17-34(31)44(37)35-18-10-20-39-40(35)32-15-6-9-19-38(32)45-39/h1-26H. The topological polar surface area (TPSA) is 9.86 Å². The molecule has 0 spiro atoms. The van der Waals surface area contributed by atoms with Crippen LogP contribution in [-0.4, -0.2) is 9.13 Å². The number of fused-ring (bicyclic) bond motifs is 10. The van der Waals surface area contributed by atoms with Crippen molar-refractivity contribution in [2.24, 2.45) is 0 Å². The Kier molecular flexibility index (Phi) is 5.19. The van der Waals surface area contributed by atoms with E-state index < -0.39 is 0 Å². The molecule has 0 saturated carbocycles. The first-order valence-corrected chi connectivity index (χ1v) is 16.2. The van der Waals surface area contributed by atoms with Gasteiger partial charge in [0.05, 0.1) is 27.8 Å². The maximum Gasteiger partial charge on any atom is 0.0555 e. The Labute approximate surface area is 263 Å². The summed E-state index contributed by atoms with van der Waals surface area (Å²) in [6.45, 7) is 0. The van der Waals surface area contributed by atoms with Gasteiger partial charge in [-0.25, -0.2) is 0 Å². The fourth-order valence-electron chi connectivity index (χ4n) is 7.43. The number of nitrogens with zero attached hydrogens (tertiary/aromatic N) is 2. The summed E-state index contributed by atoms with van der Waals surface area (Å²) >= 11 is 1.87. The normalized spacial score (nSPS) is 12.0. The van der Waals surface area contributed by atoms with Crippen LogP contribution in [0.5, 0.6) is 0 Å². The van der Waals surface area contributed by atoms with Crippen LogP contribution >= 0.6 is 11.3 Å². The van der Waals surface area contributed by atoms with Crippen LogP contribution in [0.2, 0.25) is 0 Å². The third kappa shape index (κ3) is 3.50. The number of hydrogen-bond acceptors (Lipinski definition) is 1. The van der Waals surface area contributed by atoms with E-state index in [9.17, 15) is 0 Å². The zero-order chi connectivity index (χ0) is 29.5. The van der Waals surface area contributed by atoms with Gasteiger partial charge in [0.2, 0.25) is 0 Å². The van der Waals surface area contributed by atoms with Gasteiger partial charge in [-0.2, -0.15) is 0 Å². The molecule has 0 aliphatic heterocycles. The molecule has 3 heteroatoms. The Bertz CT molecular complexity index is 2740. The van der Waals surface area contributed by atoms with Crippen LogP contribution in [0.4, 0.5) is 0 Å². The molecule has 7 aromatic carbocycles. The molecule has 0 N–H and O–H groups in total. The molecule has 3 heterocycles. The highest BCUT2D eigenvalue weighted by atomic mass is 32.1. The molecule has 0 bridgehead atoms. The van der Waals surface area contributed by atoms with E-state index in [1.165, 1.54) is 86.3 Å². The van der Waals surface area contributed by atoms with Gasteiger partial charge >= 0.3 is 0 Å². The van der Waals surface area contributed by atoms with Crippen molar-refractivity contribution in [3.63, 3.8) is 0 Å². The molecule has 3 aromatic heterocycles. The maximum atomic E-state index is 2.49. The first kappa shape index (κ1) is 24.8. The van der Waals surface area contributed by atoms with Crippen LogP contribution in [0.25, 0.3) is 86.3 Å². The van der Waals surface area contributed by atoms with Gasteiger partial charge in [0.15, 0.2) is 0 Å². The third-order valence-corrected chi connectivity index (χ3v) is 10.5. The number of hydrogen-bond donors (Lipinski definition) is 0. The molecule has 0 unspecified atom stereocenters. The predicted molar refractivity (Wildman–Crippen MR) is 193 cm³/mol. The van der Waals surface area contributed by atoms with E-state index >= 15 is 0 Å². The molecular formula is C42H26N2S. The lowest BCUT2D eigenvalue weighted by atomic mass is 10.1. The highest BCUT2D eigenvalue weighted by Gasteiger charge is 2.21. The van der Waals surface area contributed by atoms with Crippen LogP contribution in [0.15, 0.2) is 158 Å². The molecule has 0 fully saturated rings. The lowest BCUT2D eigenvalue weighted by molar-refractivity contribution is 1.18. The van der Waals surface area contributed by atoms with Crippen molar-refractivity contribution < 1.29 is 0 Å². The SMILES string of the molecule is c1ccc(-c2ccc(-n3c4ccccc4c4c5c6ccccc6n(-c6cccc7sc8ccccc8c67)c5ccc43)cc2)cc1. The number of thiophene rings is 1. The second-order valence-corrected chi connectivity index (χ2v) is 12.8. The third-order valence-electron chi connectivity index (χ3n) is 9.33. The summed E-state index contributed by atoms with van der Waals surface area (Å²) in [4.78, 5) is 0. The molecular weight excluding hydrogens is 565 g/mol. The second kappa shape index (κ2) is 9.43. The average Bonchev–Trinajstić information content (AvgIpc) is 3.76. The van der Waals surface area contributed by atoms with Crippen LogP contribution < -0.4 is 0 Å². The molecule has 0 saturated heterocycles. The molecule has 10 aromatic rings. The predicted octanol–water partition coefficient (Wildman–Crippen LogP) is 11.9. The molecule has 0 atom stereocenters.